The second-order valence-electron chi connectivity index (χ2n) is 6.80. The molecule has 0 aromatic heterocycles. The number of aliphatic carboxylic acids is 1. The van der Waals surface area contributed by atoms with Crippen LogP contribution in [0.4, 0.5) is 9.59 Å². The molecule has 0 heterocycles. The number of nitrogens with two attached hydrogens (primary N) is 1. The molecule has 0 fully saturated rings. The van der Waals surface area contributed by atoms with Crippen LogP contribution >= 0.6 is 0 Å². The van der Waals surface area contributed by atoms with Gasteiger partial charge in [-0.25, -0.2) is 19.3 Å². The molecule has 0 bridgehead atoms. The van der Waals surface area contributed by atoms with Crippen molar-refractivity contribution in [2.24, 2.45) is 5.73 Å². The van der Waals surface area contributed by atoms with Gasteiger partial charge in [0.1, 0.15) is 19.3 Å². The van der Waals surface area contributed by atoms with Gasteiger partial charge >= 0.3 is 18.2 Å². The maximum Gasteiger partial charge on any atom is 0.416 e. The Kier molecular flexibility index (Phi) is 8.88. The summed E-state index contributed by atoms with van der Waals surface area (Å²) in [4.78, 5) is 37.1. The molecule has 2 aromatic carbocycles. The van der Waals surface area contributed by atoms with E-state index >= 15 is 0 Å². The molecule has 10 heteroatoms. The molecule has 0 spiro atoms. The molecule has 0 radical (unpaired) electrons. The quantitative estimate of drug-likeness (QED) is 0.325. The SMILES string of the molecule is [2H]OC(=O)[C@@H](CCCN(C(=N)N)C(=O)OCc1ccccc1)NC(=O)OCc1ccccc1. The smallest absolute Gasteiger partial charge is 0.416 e. The number of ether oxygens (including phenoxy) is 2. The van der Waals surface area contributed by atoms with Gasteiger partial charge in [-0.05, 0) is 24.0 Å². The van der Waals surface area contributed by atoms with Gasteiger partial charge in [0, 0.05) is 6.54 Å². The van der Waals surface area contributed by atoms with Gasteiger partial charge in [0.05, 0.1) is 0 Å². The van der Waals surface area contributed by atoms with Crippen LogP contribution in [0.15, 0.2) is 60.7 Å². The van der Waals surface area contributed by atoms with Crippen LogP contribution in [0.2, 0.25) is 0 Å². The maximum atomic E-state index is 12.3. The van der Waals surface area contributed by atoms with Crippen molar-refractivity contribution in [2.75, 3.05) is 6.54 Å². The molecule has 0 aliphatic carbocycles. The van der Waals surface area contributed by atoms with Gasteiger partial charge in [-0.3, -0.25) is 5.41 Å². The summed E-state index contributed by atoms with van der Waals surface area (Å²) in [7, 11) is 0. The van der Waals surface area contributed by atoms with E-state index in [2.05, 4.69) is 10.4 Å². The van der Waals surface area contributed by atoms with E-state index in [9.17, 15) is 14.4 Å². The van der Waals surface area contributed by atoms with Crippen LogP contribution in [-0.4, -0.2) is 46.7 Å². The minimum atomic E-state index is -1.18. The highest BCUT2D eigenvalue weighted by Gasteiger charge is 2.23. The fourth-order valence-corrected chi connectivity index (χ4v) is 2.72. The second kappa shape index (κ2) is 12.6. The Morgan fingerprint density at radius 2 is 1.59 bits per heavy atom. The number of alkyl carbamates (subject to hydrolysis) is 1. The Labute approximate surface area is 186 Å². The van der Waals surface area contributed by atoms with Gasteiger partial charge in [-0.2, -0.15) is 0 Å². The lowest BCUT2D eigenvalue weighted by molar-refractivity contribution is -0.139. The number of carbonyl (C=O) groups is 3. The predicted molar refractivity (Wildman–Crippen MR) is 116 cm³/mol. The van der Waals surface area contributed by atoms with E-state index in [1.54, 1.807) is 48.5 Å². The van der Waals surface area contributed by atoms with Gasteiger partial charge in [0.25, 0.3) is 1.43 Å². The van der Waals surface area contributed by atoms with E-state index in [0.717, 1.165) is 16.0 Å². The van der Waals surface area contributed by atoms with E-state index in [1.807, 2.05) is 12.1 Å². The fourth-order valence-electron chi connectivity index (χ4n) is 2.72. The van der Waals surface area contributed by atoms with Gasteiger partial charge in [0.15, 0.2) is 5.96 Å². The van der Waals surface area contributed by atoms with Crippen LogP contribution < -0.4 is 11.1 Å². The van der Waals surface area contributed by atoms with Gasteiger partial charge < -0.3 is 25.6 Å². The number of rotatable bonds is 10. The number of guanidine groups is 1. The largest absolute Gasteiger partial charge is 0.480 e. The number of carboxylic acids is 1. The van der Waals surface area contributed by atoms with Crippen molar-refractivity contribution in [2.45, 2.75) is 32.1 Å². The molecule has 0 saturated carbocycles. The number of nitrogens with one attached hydrogen (secondary N) is 2. The average Bonchev–Trinajstić information content (AvgIpc) is 2.83. The summed E-state index contributed by atoms with van der Waals surface area (Å²) in [6.07, 6.45) is -1.52. The molecular weight excluding hydrogens is 416 g/mol. The number of carboxylic acid groups (broad SMARTS) is 1. The van der Waals surface area contributed by atoms with Crippen LogP contribution in [0.25, 0.3) is 1.43 Å². The van der Waals surface area contributed by atoms with Gasteiger partial charge in [-0.1, -0.05) is 60.7 Å². The Morgan fingerprint density at radius 1 is 1.03 bits per heavy atom. The first-order valence-corrected chi connectivity index (χ1v) is 9.87. The van der Waals surface area contributed by atoms with Crippen molar-refractivity contribution in [3.05, 3.63) is 71.8 Å². The Bertz CT molecular complexity index is 929. The minimum Gasteiger partial charge on any atom is -0.480 e. The topological polar surface area (TPSA) is 155 Å². The molecule has 170 valence electrons. The molecule has 0 aliphatic rings. The third-order valence-electron chi connectivity index (χ3n) is 4.38. The Morgan fingerprint density at radius 3 is 2.12 bits per heavy atom. The Hall–Kier alpha value is -4.08. The standard InChI is InChI=1S/C22H26N4O6/c23-20(24)26(22(30)32-15-17-10-5-2-6-11-17)13-7-12-18(19(27)28)25-21(29)31-14-16-8-3-1-4-9-16/h1-6,8-11,18H,7,12-15H2,(H3,23,24)(H,25,29)(H,27,28)/t18-/m1/s1/i/hD. The summed E-state index contributed by atoms with van der Waals surface area (Å²) < 4.78 is 17.1. The molecule has 0 aliphatic heterocycles. The number of hydrogen-bond acceptors (Lipinski definition) is 7. The number of amides is 2. The van der Waals surface area contributed by atoms with Gasteiger partial charge in [-0.15, -0.1) is 0 Å². The van der Waals surface area contributed by atoms with Crippen LogP contribution in [0, 0.1) is 5.41 Å². The van der Waals surface area contributed by atoms with E-state index < -0.39 is 30.2 Å². The summed E-state index contributed by atoms with van der Waals surface area (Å²) in [6.45, 7) is -0.0434. The zero-order chi connectivity index (χ0) is 24.1. The molecule has 0 saturated heterocycles. The molecule has 5 N–H and O–H groups in total. The lowest BCUT2D eigenvalue weighted by Gasteiger charge is -2.21. The molecule has 1 atom stereocenters. The van der Waals surface area contributed by atoms with Crippen molar-refractivity contribution in [1.82, 2.24) is 10.2 Å². The maximum absolute atomic E-state index is 12.3. The lowest BCUT2D eigenvalue weighted by atomic mass is 10.1. The number of benzene rings is 2. The molecular formula is C22H26N4O6. The molecule has 2 rings (SSSR count). The van der Waals surface area contributed by atoms with Crippen LogP contribution in [0.1, 0.15) is 24.0 Å². The summed E-state index contributed by atoms with van der Waals surface area (Å²) >= 11 is 0. The third kappa shape index (κ3) is 8.34. The normalized spacial score (nSPS) is 11.4. The number of carbonyl (C=O) groups excluding carboxylic acids is 2. The molecule has 0 unspecified atom stereocenters. The lowest BCUT2D eigenvalue weighted by Crippen LogP contribution is -2.44. The van der Waals surface area contributed by atoms with E-state index in [0.29, 0.717) is 0 Å². The zero-order valence-electron chi connectivity index (χ0n) is 18.4. The van der Waals surface area contributed by atoms with Crippen LogP contribution in [-0.2, 0) is 27.5 Å². The summed E-state index contributed by atoms with van der Waals surface area (Å²) in [5, 5.41) is 13.9. The molecule has 10 nitrogen and oxygen atoms in total. The van der Waals surface area contributed by atoms with Crippen LogP contribution in [0.5, 0.6) is 0 Å². The fraction of sp³-hybridized carbons (Fsp3) is 0.273. The first kappa shape index (κ1) is 22.6. The van der Waals surface area contributed by atoms with Crippen molar-refractivity contribution in [3.8, 4) is 0 Å². The second-order valence-corrected chi connectivity index (χ2v) is 6.80. The van der Waals surface area contributed by atoms with E-state index in [-0.39, 0.29) is 32.6 Å². The van der Waals surface area contributed by atoms with Crippen LogP contribution in [0.3, 0.4) is 0 Å². The highest BCUT2D eigenvalue weighted by Crippen LogP contribution is 2.07. The minimum absolute atomic E-state index is 0.000680. The number of nitrogens with zero attached hydrogens (tertiary/aromatic N) is 1. The zero-order valence-corrected chi connectivity index (χ0v) is 17.4. The van der Waals surface area contributed by atoms with Crippen molar-refractivity contribution in [3.63, 3.8) is 0 Å². The summed E-state index contributed by atoms with van der Waals surface area (Å²) in [6, 6.07) is 16.8. The van der Waals surface area contributed by atoms with E-state index in [4.69, 9.17) is 22.0 Å². The number of hydrogen-bond donors (Lipinski definition) is 4. The van der Waals surface area contributed by atoms with Crippen molar-refractivity contribution in [1.29, 1.82) is 6.84 Å². The highest BCUT2D eigenvalue weighted by atomic mass is 16.6. The van der Waals surface area contributed by atoms with Crippen molar-refractivity contribution < 1.29 is 29.0 Å². The molecule has 32 heavy (non-hydrogen) atoms. The molecule has 2 aromatic rings. The van der Waals surface area contributed by atoms with Crippen molar-refractivity contribution >= 4 is 24.1 Å². The van der Waals surface area contributed by atoms with E-state index in [1.165, 1.54) is 0 Å². The Balaban J connectivity index is 1.84. The first-order valence-electron chi connectivity index (χ1n) is 10.3. The third-order valence-corrected chi connectivity index (χ3v) is 4.38. The molecule has 2 amide bonds. The monoisotopic (exact) mass is 443 g/mol. The predicted octanol–water partition coefficient (Wildman–Crippen LogP) is 2.68. The average molecular weight is 443 g/mol. The first-order chi connectivity index (χ1) is 15.9. The summed E-state index contributed by atoms with van der Waals surface area (Å²) in [5.41, 5.74) is 7.01. The summed E-state index contributed by atoms with van der Waals surface area (Å²) in [5.74, 6) is -1.52. The highest BCUT2D eigenvalue weighted by molar-refractivity contribution is 5.91. The van der Waals surface area contributed by atoms with Gasteiger partial charge in [0.2, 0.25) is 0 Å².